The molecule has 0 radical (unpaired) electrons. The standard InChI is InChI=1S/C32H44O11/c1-19(2)12-28(33)41-11-9-10-21-14-25(39-7)32(26(15-21)40-8)43-27(18-42-29(34)13-20(3)4)30(35)22-16-23(37-5)31(36)24(17-22)38-6/h9-10,14-17,19-20,27,30,35-36H,11-13,18H2,1-8H3/b10-9+/t27?,30-/m1/s1. The highest BCUT2D eigenvalue weighted by molar-refractivity contribution is 5.70. The van der Waals surface area contributed by atoms with Gasteiger partial charge < -0.3 is 43.4 Å². The molecule has 0 amide bonds. The van der Waals surface area contributed by atoms with E-state index in [1.54, 1.807) is 24.3 Å². The van der Waals surface area contributed by atoms with Crippen LogP contribution in [0.4, 0.5) is 0 Å². The summed E-state index contributed by atoms with van der Waals surface area (Å²) in [5, 5.41) is 21.8. The molecule has 0 aromatic heterocycles. The largest absolute Gasteiger partial charge is 0.502 e. The van der Waals surface area contributed by atoms with Gasteiger partial charge in [0.2, 0.25) is 11.5 Å². The van der Waals surface area contributed by atoms with Crippen LogP contribution in [0.1, 0.15) is 57.8 Å². The van der Waals surface area contributed by atoms with Crippen LogP contribution in [0.15, 0.2) is 30.3 Å². The summed E-state index contributed by atoms with van der Waals surface area (Å²) >= 11 is 0. The lowest BCUT2D eigenvalue weighted by Crippen LogP contribution is -2.32. The van der Waals surface area contributed by atoms with Crippen molar-refractivity contribution in [1.82, 2.24) is 0 Å². The second-order valence-corrected chi connectivity index (χ2v) is 10.6. The van der Waals surface area contributed by atoms with Gasteiger partial charge >= 0.3 is 11.9 Å². The molecule has 0 aliphatic heterocycles. The van der Waals surface area contributed by atoms with Gasteiger partial charge in [-0.1, -0.05) is 33.8 Å². The zero-order valence-corrected chi connectivity index (χ0v) is 26.2. The molecule has 0 spiro atoms. The predicted molar refractivity (Wildman–Crippen MR) is 160 cm³/mol. The van der Waals surface area contributed by atoms with Gasteiger partial charge in [0.1, 0.15) is 19.3 Å². The average Bonchev–Trinajstić information content (AvgIpc) is 2.96. The number of aliphatic hydroxyl groups is 1. The van der Waals surface area contributed by atoms with Crippen LogP contribution in [0.25, 0.3) is 6.08 Å². The molecular weight excluding hydrogens is 560 g/mol. The predicted octanol–water partition coefficient (Wildman–Crippen LogP) is 5.10. The first-order valence-corrected chi connectivity index (χ1v) is 14.0. The van der Waals surface area contributed by atoms with Crippen molar-refractivity contribution in [1.29, 1.82) is 0 Å². The van der Waals surface area contributed by atoms with Crippen LogP contribution in [0.5, 0.6) is 34.5 Å². The van der Waals surface area contributed by atoms with Gasteiger partial charge in [-0.05, 0) is 53.3 Å². The third-order valence-electron chi connectivity index (χ3n) is 6.16. The van der Waals surface area contributed by atoms with Crippen LogP contribution in [0.2, 0.25) is 0 Å². The number of esters is 2. The van der Waals surface area contributed by atoms with E-state index < -0.39 is 18.2 Å². The van der Waals surface area contributed by atoms with Gasteiger partial charge in [0.25, 0.3) is 0 Å². The van der Waals surface area contributed by atoms with Gasteiger partial charge in [-0.15, -0.1) is 0 Å². The minimum atomic E-state index is -1.37. The van der Waals surface area contributed by atoms with E-state index in [1.165, 1.54) is 40.6 Å². The fourth-order valence-corrected chi connectivity index (χ4v) is 4.04. The second kappa shape index (κ2) is 17.1. The Morgan fingerprint density at radius 1 is 0.767 bits per heavy atom. The molecule has 0 aliphatic rings. The van der Waals surface area contributed by atoms with Crippen LogP contribution in [0.3, 0.4) is 0 Å². The molecule has 0 bridgehead atoms. The van der Waals surface area contributed by atoms with E-state index in [-0.39, 0.29) is 77.5 Å². The number of hydrogen-bond acceptors (Lipinski definition) is 11. The lowest BCUT2D eigenvalue weighted by molar-refractivity contribution is -0.149. The highest BCUT2D eigenvalue weighted by atomic mass is 16.6. The van der Waals surface area contributed by atoms with E-state index in [1.807, 2.05) is 27.7 Å². The van der Waals surface area contributed by atoms with Crippen LogP contribution >= 0.6 is 0 Å². The Kier molecular flexibility index (Phi) is 14.0. The first-order chi connectivity index (χ1) is 20.4. The third kappa shape index (κ3) is 10.6. The average molecular weight is 605 g/mol. The van der Waals surface area contributed by atoms with Crippen molar-refractivity contribution in [3.8, 4) is 34.5 Å². The van der Waals surface area contributed by atoms with Gasteiger partial charge in [-0.25, -0.2) is 0 Å². The highest BCUT2D eigenvalue weighted by Gasteiger charge is 2.30. The van der Waals surface area contributed by atoms with Crippen molar-refractivity contribution >= 4 is 18.0 Å². The number of methoxy groups -OCH3 is 4. The number of aromatic hydroxyl groups is 1. The molecule has 2 aromatic carbocycles. The molecule has 0 aliphatic carbocycles. The molecule has 0 saturated heterocycles. The molecule has 11 nitrogen and oxygen atoms in total. The van der Waals surface area contributed by atoms with E-state index >= 15 is 0 Å². The van der Waals surface area contributed by atoms with Crippen LogP contribution in [-0.2, 0) is 19.1 Å². The Bertz CT molecular complexity index is 1190. The number of carbonyl (C=O) groups is 2. The number of rotatable bonds is 17. The minimum Gasteiger partial charge on any atom is -0.502 e. The third-order valence-corrected chi connectivity index (χ3v) is 6.16. The number of benzene rings is 2. The normalized spacial score (nSPS) is 12.6. The lowest BCUT2D eigenvalue weighted by Gasteiger charge is -2.27. The number of phenolic OH excluding ortho intramolecular Hbond substituents is 1. The summed E-state index contributed by atoms with van der Waals surface area (Å²) in [7, 11) is 5.64. The number of hydrogen-bond donors (Lipinski definition) is 2. The monoisotopic (exact) mass is 604 g/mol. The van der Waals surface area contributed by atoms with Crippen LogP contribution < -0.4 is 23.7 Å². The SMILES string of the molecule is COc1cc([C@@H](O)C(COC(=O)CC(C)C)Oc2c(OC)cc(/C=C/COC(=O)CC(C)C)cc2OC)cc(OC)c1O. The summed E-state index contributed by atoms with van der Waals surface area (Å²) in [6.07, 6.45) is 1.45. The lowest BCUT2D eigenvalue weighted by atomic mass is 10.0. The summed E-state index contributed by atoms with van der Waals surface area (Å²) in [6, 6.07) is 6.24. The zero-order chi connectivity index (χ0) is 32.1. The molecular formula is C32H44O11. The maximum Gasteiger partial charge on any atom is 0.306 e. The Morgan fingerprint density at radius 3 is 1.72 bits per heavy atom. The summed E-state index contributed by atoms with van der Waals surface area (Å²) in [5.74, 6) is 0.181. The van der Waals surface area contributed by atoms with E-state index in [0.29, 0.717) is 12.0 Å². The van der Waals surface area contributed by atoms with E-state index in [0.717, 1.165) is 0 Å². The summed E-state index contributed by atoms with van der Waals surface area (Å²) < 4.78 is 38.6. The molecule has 2 atom stereocenters. The molecule has 2 aromatic rings. The Hall–Kier alpha value is -4.12. The maximum absolute atomic E-state index is 12.4. The van der Waals surface area contributed by atoms with Crippen molar-refractivity contribution in [3.05, 3.63) is 41.5 Å². The molecule has 1 unspecified atom stereocenters. The molecule has 2 N–H and O–H groups in total. The highest BCUT2D eigenvalue weighted by Crippen LogP contribution is 2.43. The fourth-order valence-electron chi connectivity index (χ4n) is 4.04. The summed E-state index contributed by atoms with van der Waals surface area (Å²) in [4.78, 5) is 24.2. The first-order valence-electron chi connectivity index (χ1n) is 14.0. The van der Waals surface area contributed by atoms with Gasteiger partial charge in [0.05, 0.1) is 28.4 Å². The number of phenols is 1. The first kappa shape index (κ1) is 35.1. The summed E-state index contributed by atoms with van der Waals surface area (Å²) in [5.41, 5.74) is 0.954. The molecule has 238 valence electrons. The summed E-state index contributed by atoms with van der Waals surface area (Å²) in [6.45, 7) is 7.45. The molecule has 43 heavy (non-hydrogen) atoms. The van der Waals surface area contributed by atoms with Crippen molar-refractivity contribution in [3.63, 3.8) is 0 Å². The second-order valence-electron chi connectivity index (χ2n) is 10.6. The van der Waals surface area contributed by atoms with Gasteiger partial charge in [-0.3, -0.25) is 9.59 Å². The van der Waals surface area contributed by atoms with E-state index in [2.05, 4.69) is 0 Å². The van der Waals surface area contributed by atoms with Crippen molar-refractivity contribution in [2.45, 2.75) is 52.7 Å². The molecule has 11 heteroatoms. The smallest absolute Gasteiger partial charge is 0.306 e. The molecule has 0 heterocycles. The Labute approximate surface area is 253 Å². The van der Waals surface area contributed by atoms with Crippen molar-refractivity contribution in [2.24, 2.45) is 11.8 Å². The molecule has 0 saturated carbocycles. The zero-order valence-electron chi connectivity index (χ0n) is 26.2. The Balaban J connectivity index is 2.42. The van der Waals surface area contributed by atoms with E-state index in [4.69, 9.17) is 33.2 Å². The molecule has 2 rings (SSSR count). The van der Waals surface area contributed by atoms with Gasteiger partial charge in [-0.2, -0.15) is 0 Å². The van der Waals surface area contributed by atoms with Crippen molar-refractivity contribution in [2.75, 3.05) is 41.7 Å². The fraction of sp³-hybridized carbons (Fsp3) is 0.500. The number of ether oxygens (including phenoxy) is 7. The van der Waals surface area contributed by atoms with Crippen LogP contribution in [0, 0.1) is 11.8 Å². The van der Waals surface area contributed by atoms with Gasteiger partial charge in [0.15, 0.2) is 29.1 Å². The number of carbonyl (C=O) groups excluding carboxylic acids is 2. The Morgan fingerprint density at radius 2 is 1.26 bits per heavy atom. The quantitative estimate of drug-likeness (QED) is 0.233. The molecule has 0 fully saturated rings. The van der Waals surface area contributed by atoms with Crippen LogP contribution in [-0.4, -0.2) is 69.9 Å². The van der Waals surface area contributed by atoms with Crippen molar-refractivity contribution < 1.29 is 53.0 Å². The van der Waals surface area contributed by atoms with E-state index in [9.17, 15) is 19.8 Å². The maximum atomic E-state index is 12.4. The van der Waals surface area contributed by atoms with Gasteiger partial charge in [0, 0.05) is 12.8 Å². The topological polar surface area (TPSA) is 139 Å². The minimum absolute atomic E-state index is 0.0712. The number of aliphatic hydroxyl groups excluding tert-OH is 1.